The lowest BCUT2D eigenvalue weighted by molar-refractivity contribution is -0.132. The van der Waals surface area contributed by atoms with E-state index in [0.717, 1.165) is 0 Å². The zero-order valence-electron chi connectivity index (χ0n) is 7.92. The Bertz CT molecular complexity index is 390. The van der Waals surface area contributed by atoms with Gasteiger partial charge in [-0.25, -0.2) is 4.98 Å². The number of aryl methyl sites for hydroxylation is 1. The molecule has 1 heterocycles. The van der Waals surface area contributed by atoms with Crippen molar-refractivity contribution in [3.8, 4) is 5.88 Å². The normalized spacial score (nSPS) is 11.3. The molecular weight excluding hydrogens is 262 g/mol. The van der Waals surface area contributed by atoms with Crippen LogP contribution in [0.15, 0.2) is 6.07 Å². The quantitative estimate of drug-likeness (QED) is 0.581. The van der Waals surface area contributed by atoms with E-state index in [2.05, 4.69) is 9.97 Å². The van der Waals surface area contributed by atoms with Gasteiger partial charge in [0.05, 0.1) is 0 Å². The first-order valence-corrected chi connectivity index (χ1v) is 5.03. The number of nitrogens with zero attached hydrogens (tertiary/aromatic N) is 2. The molecule has 0 unspecified atom stereocenters. The molecule has 0 aliphatic carbocycles. The van der Waals surface area contributed by atoms with E-state index in [0.29, 0.717) is 5.69 Å². The summed E-state index contributed by atoms with van der Waals surface area (Å²) in [5.41, 5.74) is 0.544. The molecule has 4 nitrogen and oxygen atoms in total. The summed E-state index contributed by atoms with van der Waals surface area (Å²) in [5.74, 6) is -0.455. The van der Waals surface area contributed by atoms with E-state index in [-0.39, 0.29) is 11.7 Å². The Morgan fingerprint density at radius 3 is 2.47 bits per heavy atom. The van der Waals surface area contributed by atoms with E-state index in [1.54, 1.807) is 6.92 Å². The fraction of sp³-hybridized carbons (Fsp3) is 0.375. The molecule has 0 aromatic carbocycles. The van der Waals surface area contributed by atoms with Gasteiger partial charge in [0.2, 0.25) is 9.67 Å². The lowest BCUT2D eigenvalue weighted by Gasteiger charge is -2.10. The summed E-state index contributed by atoms with van der Waals surface area (Å²) in [6.07, 6.45) is 0. The van der Waals surface area contributed by atoms with Crippen LogP contribution in [0.25, 0.3) is 0 Å². The first kappa shape index (κ1) is 12.5. The average molecular weight is 270 g/mol. The largest absolute Gasteiger partial charge is 0.408 e. The zero-order valence-corrected chi connectivity index (χ0v) is 10.2. The highest BCUT2D eigenvalue weighted by atomic mass is 35.6. The molecule has 82 valence electrons. The summed E-state index contributed by atoms with van der Waals surface area (Å²) in [7, 11) is 0. The molecule has 0 atom stereocenters. The van der Waals surface area contributed by atoms with Gasteiger partial charge in [-0.05, 0) is 6.92 Å². The number of esters is 1. The second-order valence-corrected chi connectivity index (χ2v) is 5.04. The summed E-state index contributed by atoms with van der Waals surface area (Å²) < 4.78 is 3.03. The number of hydrogen-bond acceptors (Lipinski definition) is 4. The van der Waals surface area contributed by atoms with Gasteiger partial charge in [-0.2, -0.15) is 4.98 Å². The molecule has 0 saturated heterocycles. The van der Waals surface area contributed by atoms with Gasteiger partial charge in [-0.15, -0.1) is 0 Å². The van der Waals surface area contributed by atoms with Crippen LogP contribution in [0.2, 0.25) is 0 Å². The van der Waals surface area contributed by atoms with Crippen LogP contribution in [0.1, 0.15) is 18.4 Å². The maximum Gasteiger partial charge on any atom is 0.309 e. The van der Waals surface area contributed by atoms with Gasteiger partial charge in [0.25, 0.3) is 0 Å². The van der Waals surface area contributed by atoms with E-state index in [9.17, 15) is 4.79 Å². The predicted octanol–water partition coefficient (Wildman–Crippen LogP) is 2.54. The lowest BCUT2D eigenvalue weighted by atomic mass is 10.4. The zero-order chi connectivity index (χ0) is 11.6. The van der Waals surface area contributed by atoms with E-state index >= 15 is 0 Å². The van der Waals surface area contributed by atoms with Crippen molar-refractivity contribution in [1.82, 2.24) is 9.97 Å². The molecule has 1 rings (SSSR count). The average Bonchev–Trinajstić information content (AvgIpc) is 1.99. The second kappa shape index (κ2) is 4.51. The monoisotopic (exact) mass is 268 g/mol. The van der Waals surface area contributed by atoms with Crippen LogP contribution in [-0.4, -0.2) is 15.9 Å². The van der Waals surface area contributed by atoms with Gasteiger partial charge in [-0.3, -0.25) is 4.79 Å². The molecule has 1 aromatic rings. The lowest BCUT2D eigenvalue weighted by Crippen LogP contribution is -2.11. The highest BCUT2D eigenvalue weighted by molar-refractivity contribution is 6.66. The van der Waals surface area contributed by atoms with E-state index in [1.807, 2.05) is 0 Å². The molecule has 0 radical (unpaired) electrons. The fourth-order valence-corrected chi connectivity index (χ4v) is 1.12. The first-order chi connectivity index (χ1) is 6.79. The fourth-order valence-electron chi connectivity index (χ4n) is 0.866. The minimum atomic E-state index is -1.74. The highest BCUT2D eigenvalue weighted by Gasteiger charge is 2.27. The SMILES string of the molecule is CC(=O)Oc1cc(C)nc(C(Cl)(Cl)Cl)n1. The van der Waals surface area contributed by atoms with Crippen molar-refractivity contribution in [2.75, 3.05) is 0 Å². The summed E-state index contributed by atoms with van der Waals surface area (Å²) in [6, 6.07) is 1.47. The van der Waals surface area contributed by atoms with Crippen molar-refractivity contribution in [1.29, 1.82) is 0 Å². The number of ether oxygens (including phenoxy) is 1. The van der Waals surface area contributed by atoms with Crippen molar-refractivity contribution in [3.63, 3.8) is 0 Å². The van der Waals surface area contributed by atoms with E-state index < -0.39 is 9.76 Å². The van der Waals surface area contributed by atoms with Crippen LogP contribution in [0.5, 0.6) is 5.88 Å². The topological polar surface area (TPSA) is 52.1 Å². The molecule has 15 heavy (non-hydrogen) atoms. The number of carbonyl (C=O) groups is 1. The van der Waals surface area contributed by atoms with Gasteiger partial charge in [-0.1, -0.05) is 34.8 Å². The molecule has 0 fully saturated rings. The Morgan fingerprint density at radius 2 is 2.00 bits per heavy atom. The summed E-state index contributed by atoms with van der Waals surface area (Å²) in [6.45, 7) is 2.93. The summed E-state index contributed by atoms with van der Waals surface area (Å²) >= 11 is 16.8. The molecule has 0 aliphatic heterocycles. The molecule has 0 amide bonds. The van der Waals surface area contributed by atoms with Crippen LogP contribution in [0, 0.1) is 6.92 Å². The first-order valence-electron chi connectivity index (χ1n) is 3.90. The van der Waals surface area contributed by atoms with Gasteiger partial charge in [0.1, 0.15) is 0 Å². The molecular formula is C8H7Cl3N2O2. The predicted molar refractivity (Wildman–Crippen MR) is 57.3 cm³/mol. The van der Waals surface area contributed by atoms with Gasteiger partial charge in [0.15, 0.2) is 5.82 Å². The molecule has 7 heteroatoms. The van der Waals surface area contributed by atoms with Crippen molar-refractivity contribution >= 4 is 40.8 Å². The maximum absolute atomic E-state index is 10.7. The Hall–Kier alpha value is -0.580. The van der Waals surface area contributed by atoms with Crippen LogP contribution in [0.3, 0.4) is 0 Å². The van der Waals surface area contributed by atoms with E-state index in [1.165, 1.54) is 13.0 Å². The highest BCUT2D eigenvalue weighted by Crippen LogP contribution is 2.36. The number of hydrogen-bond donors (Lipinski definition) is 0. The Labute approximate surface area is 102 Å². The number of carbonyl (C=O) groups excluding carboxylic acids is 1. The van der Waals surface area contributed by atoms with Crippen LogP contribution >= 0.6 is 34.8 Å². The molecule has 0 bridgehead atoms. The van der Waals surface area contributed by atoms with Crippen molar-refractivity contribution in [3.05, 3.63) is 17.6 Å². The summed E-state index contributed by atoms with van der Waals surface area (Å²) in [4.78, 5) is 18.4. The van der Waals surface area contributed by atoms with Gasteiger partial charge >= 0.3 is 5.97 Å². The molecule has 0 N–H and O–H groups in total. The molecule has 1 aromatic heterocycles. The van der Waals surface area contributed by atoms with Crippen molar-refractivity contribution < 1.29 is 9.53 Å². The van der Waals surface area contributed by atoms with Crippen molar-refractivity contribution in [2.24, 2.45) is 0 Å². The molecule has 0 aliphatic rings. The minimum absolute atomic E-state index is 0.0243. The number of alkyl halides is 3. The van der Waals surface area contributed by atoms with Crippen LogP contribution in [-0.2, 0) is 8.59 Å². The van der Waals surface area contributed by atoms with Crippen LogP contribution in [0.4, 0.5) is 0 Å². The minimum Gasteiger partial charge on any atom is -0.408 e. The van der Waals surface area contributed by atoms with Crippen molar-refractivity contribution in [2.45, 2.75) is 17.6 Å². The van der Waals surface area contributed by atoms with Gasteiger partial charge < -0.3 is 4.74 Å². The second-order valence-electron chi connectivity index (χ2n) is 2.76. The Balaban J connectivity index is 3.11. The third-order valence-electron chi connectivity index (χ3n) is 1.33. The number of aromatic nitrogens is 2. The third-order valence-corrected chi connectivity index (χ3v) is 1.84. The summed E-state index contributed by atoms with van der Waals surface area (Å²) in [5, 5.41) is 0. The number of halogens is 3. The Morgan fingerprint density at radius 1 is 1.40 bits per heavy atom. The van der Waals surface area contributed by atoms with Gasteiger partial charge in [0, 0.05) is 18.7 Å². The number of rotatable bonds is 1. The third kappa shape index (κ3) is 3.81. The standard InChI is InChI=1S/C8H7Cl3N2O2/c1-4-3-6(15-5(2)14)13-7(12-4)8(9,10)11/h3H,1-2H3. The molecule has 0 spiro atoms. The molecule has 0 saturated carbocycles. The smallest absolute Gasteiger partial charge is 0.309 e. The maximum atomic E-state index is 10.7. The van der Waals surface area contributed by atoms with Crippen LogP contribution < -0.4 is 4.74 Å². The van der Waals surface area contributed by atoms with E-state index in [4.69, 9.17) is 39.5 Å². The Kier molecular flexibility index (Phi) is 3.76.